The number of hydrogen-bond acceptors (Lipinski definition) is 7. The van der Waals surface area contributed by atoms with E-state index in [1.165, 1.54) is 35.2 Å². The van der Waals surface area contributed by atoms with Crippen LogP contribution in [0.15, 0.2) is 18.6 Å². The summed E-state index contributed by atoms with van der Waals surface area (Å²) in [5.41, 5.74) is 2.72. The van der Waals surface area contributed by atoms with Gasteiger partial charge in [-0.2, -0.15) is 18.3 Å². The van der Waals surface area contributed by atoms with Crippen molar-refractivity contribution in [3.63, 3.8) is 0 Å². The maximum Gasteiger partial charge on any atom is 0.419 e. The van der Waals surface area contributed by atoms with Crippen LogP contribution in [0.3, 0.4) is 0 Å². The topological polar surface area (TPSA) is 136 Å². The van der Waals surface area contributed by atoms with Gasteiger partial charge in [0.1, 0.15) is 11.1 Å². The van der Waals surface area contributed by atoms with E-state index in [1.54, 1.807) is 6.92 Å². The van der Waals surface area contributed by atoms with Gasteiger partial charge in [0.25, 0.3) is 0 Å². The summed E-state index contributed by atoms with van der Waals surface area (Å²) in [4.78, 5) is 19.6. The minimum absolute atomic E-state index is 0.0106. The molecule has 1 fully saturated rings. The molecule has 0 aliphatic carbocycles. The molecule has 2 aromatic heterocycles. The van der Waals surface area contributed by atoms with Crippen LogP contribution in [0, 0.1) is 0 Å². The maximum atomic E-state index is 13.6. The van der Waals surface area contributed by atoms with Crippen LogP contribution in [-0.2, 0) is 26.5 Å². The quantitative estimate of drug-likeness (QED) is 0.605. The van der Waals surface area contributed by atoms with E-state index in [-0.39, 0.29) is 23.3 Å². The number of halogens is 3. The monoisotopic (exact) mass is 489 g/mol. The predicted octanol–water partition coefficient (Wildman–Crippen LogP) is 1.81. The molecule has 1 amide bonds. The summed E-state index contributed by atoms with van der Waals surface area (Å²) < 4.78 is 67.4. The molecule has 1 aliphatic rings. The molecular weight excluding hydrogens is 463 g/mol. The number of alkyl halides is 3. The van der Waals surface area contributed by atoms with Crippen LogP contribution in [0.1, 0.15) is 39.2 Å². The number of anilines is 1. The minimum Gasteiger partial charge on any atom is -0.368 e. The number of nitrogens with two attached hydrogens (primary N) is 1. The van der Waals surface area contributed by atoms with Gasteiger partial charge in [-0.25, -0.2) is 22.7 Å². The van der Waals surface area contributed by atoms with Gasteiger partial charge in [-0.05, 0) is 33.6 Å². The molecule has 33 heavy (non-hydrogen) atoms. The molecular formula is C19H26F3N7O3S. The van der Waals surface area contributed by atoms with Gasteiger partial charge in [-0.15, -0.1) is 0 Å². The number of primary amides is 1. The van der Waals surface area contributed by atoms with E-state index < -0.39 is 38.9 Å². The maximum absolute atomic E-state index is 13.6. The second-order valence-electron chi connectivity index (χ2n) is 8.27. The van der Waals surface area contributed by atoms with Crippen molar-refractivity contribution < 1.29 is 26.4 Å². The zero-order chi connectivity index (χ0) is 24.6. The van der Waals surface area contributed by atoms with Crippen molar-refractivity contribution in [1.29, 1.82) is 0 Å². The number of rotatable bonds is 7. The smallest absolute Gasteiger partial charge is 0.368 e. The first-order chi connectivity index (χ1) is 15.3. The zero-order valence-electron chi connectivity index (χ0n) is 18.4. The lowest BCUT2D eigenvalue weighted by Crippen LogP contribution is -2.43. The zero-order valence-corrected chi connectivity index (χ0v) is 19.2. The molecule has 1 aliphatic heterocycles. The van der Waals surface area contributed by atoms with Crippen molar-refractivity contribution in [2.24, 2.45) is 5.73 Å². The van der Waals surface area contributed by atoms with Crippen LogP contribution in [-0.4, -0.2) is 63.3 Å². The molecule has 3 rings (SSSR count). The second-order valence-corrected chi connectivity index (χ2v) is 10.5. The summed E-state index contributed by atoms with van der Waals surface area (Å²) in [6.07, 6.45) is -0.638. The highest BCUT2D eigenvalue weighted by Crippen LogP contribution is 2.36. The van der Waals surface area contributed by atoms with E-state index in [4.69, 9.17) is 5.73 Å². The number of carbonyl (C=O) groups excluding carboxylic acids is 1. The normalized spacial score (nSPS) is 16.7. The van der Waals surface area contributed by atoms with Crippen molar-refractivity contribution in [3.05, 3.63) is 24.2 Å². The molecule has 3 N–H and O–H groups in total. The van der Waals surface area contributed by atoms with Crippen LogP contribution in [0.4, 0.5) is 19.1 Å². The largest absolute Gasteiger partial charge is 0.419 e. The van der Waals surface area contributed by atoms with E-state index in [2.05, 4.69) is 20.4 Å². The first-order valence-electron chi connectivity index (χ1n) is 10.3. The molecule has 14 heteroatoms. The molecule has 1 saturated heterocycles. The first kappa shape index (κ1) is 24.9. The van der Waals surface area contributed by atoms with Gasteiger partial charge in [-0.3, -0.25) is 9.48 Å². The summed E-state index contributed by atoms with van der Waals surface area (Å²) in [6.45, 7) is 5.17. The van der Waals surface area contributed by atoms with E-state index in [0.717, 1.165) is 0 Å². The number of nitrogens with one attached hydrogen (secondary N) is 1. The lowest BCUT2D eigenvalue weighted by Gasteiger charge is -2.31. The van der Waals surface area contributed by atoms with Crippen molar-refractivity contribution in [3.8, 4) is 11.3 Å². The van der Waals surface area contributed by atoms with Crippen LogP contribution in [0.5, 0.6) is 0 Å². The average Bonchev–Trinajstić information content (AvgIpc) is 3.24. The third-order valence-corrected chi connectivity index (χ3v) is 7.55. The highest BCUT2D eigenvalue weighted by Gasteiger charge is 2.37. The van der Waals surface area contributed by atoms with E-state index in [9.17, 15) is 26.4 Å². The van der Waals surface area contributed by atoms with Crippen LogP contribution in [0.2, 0.25) is 0 Å². The highest BCUT2D eigenvalue weighted by molar-refractivity contribution is 7.89. The van der Waals surface area contributed by atoms with Gasteiger partial charge < -0.3 is 11.1 Å². The van der Waals surface area contributed by atoms with E-state index in [0.29, 0.717) is 32.1 Å². The number of amides is 1. The first-order valence-corrected chi connectivity index (χ1v) is 11.9. The second kappa shape index (κ2) is 8.89. The Bertz CT molecular complexity index is 1120. The van der Waals surface area contributed by atoms with Gasteiger partial charge >= 0.3 is 6.18 Å². The molecule has 0 radical (unpaired) electrons. The minimum atomic E-state index is -4.71. The molecule has 0 bridgehead atoms. The SMILES string of the molecule is CCS(=O)(=O)N1CCC(Nc2ncc(C(F)(F)F)c(-c3cnn(C(C)(C)C(N)=O)c3)n2)CC1. The van der Waals surface area contributed by atoms with Gasteiger partial charge in [0.2, 0.25) is 21.9 Å². The van der Waals surface area contributed by atoms with Crippen molar-refractivity contribution in [2.45, 2.75) is 51.4 Å². The molecule has 3 heterocycles. The van der Waals surface area contributed by atoms with Gasteiger partial charge in [0.15, 0.2) is 0 Å². The molecule has 2 aromatic rings. The summed E-state index contributed by atoms with van der Waals surface area (Å²) >= 11 is 0. The van der Waals surface area contributed by atoms with Crippen molar-refractivity contribution >= 4 is 21.9 Å². The van der Waals surface area contributed by atoms with Crippen LogP contribution >= 0.6 is 0 Å². The van der Waals surface area contributed by atoms with E-state index >= 15 is 0 Å². The summed E-state index contributed by atoms with van der Waals surface area (Å²) in [6, 6.07) is -0.200. The Morgan fingerprint density at radius 1 is 1.24 bits per heavy atom. The number of hydrogen-bond donors (Lipinski definition) is 2. The fourth-order valence-corrected chi connectivity index (χ4v) is 4.52. The van der Waals surface area contributed by atoms with Gasteiger partial charge in [0, 0.05) is 37.1 Å². The molecule has 0 atom stereocenters. The average molecular weight is 490 g/mol. The number of aromatic nitrogens is 4. The van der Waals surface area contributed by atoms with Crippen molar-refractivity contribution in [1.82, 2.24) is 24.1 Å². The summed E-state index contributed by atoms with van der Waals surface area (Å²) in [5.74, 6) is -0.706. The Morgan fingerprint density at radius 3 is 2.42 bits per heavy atom. The standard InChI is InChI=1S/C19H26F3N7O3S/c1-4-33(31,32)28-7-5-13(6-8-28)26-17-24-10-14(19(20,21)22)15(27-17)12-9-25-29(11-12)18(2,3)16(23)30/h9-11,13H,4-8H2,1-3H3,(H2,23,30)(H,24,26,27). The fraction of sp³-hybridized carbons (Fsp3) is 0.579. The Kier molecular flexibility index (Phi) is 6.71. The Labute approximate surface area is 189 Å². The Morgan fingerprint density at radius 2 is 1.88 bits per heavy atom. The third-order valence-electron chi connectivity index (χ3n) is 5.67. The van der Waals surface area contributed by atoms with Gasteiger partial charge in [0.05, 0.1) is 17.6 Å². The Balaban J connectivity index is 1.87. The van der Waals surface area contributed by atoms with Gasteiger partial charge in [-0.1, -0.05) is 0 Å². The number of sulfonamides is 1. The number of nitrogens with zero attached hydrogens (tertiary/aromatic N) is 5. The molecule has 182 valence electrons. The molecule has 0 aromatic carbocycles. The Hall–Kier alpha value is -2.74. The number of piperidine rings is 1. The number of carbonyl (C=O) groups is 1. The third kappa shape index (κ3) is 5.27. The molecule has 10 nitrogen and oxygen atoms in total. The molecule has 0 saturated carbocycles. The van der Waals surface area contributed by atoms with Crippen LogP contribution < -0.4 is 11.1 Å². The van der Waals surface area contributed by atoms with Crippen molar-refractivity contribution in [2.75, 3.05) is 24.2 Å². The summed E-state index contributed by atoms with van der Waals surface area (Å²) in [5, 5.41) is 7.00. The fourth-order valence-electron chi connectivity index (χ4n) is 3.39. The lowest BCUT2D eigenvalue weighted by molar-refractivity contribution is -0.137. The van der Waals surface area contributed by atoms with E-state index in [1.807, 2.05) is 0 Å². The molecule has 0 spiro atoms. The highest BCUT2D eigenvalue weighted by atomic mass is 32.2. The predicted molar refractivity (Wildman–Crippen MR) is 114 cm³/mol. The summed E-state index contributed by atoms with van der Waals surface area (Å²) in [7, 11) is -3.29. The molecule has 0 unspecified atom stereocenters. The lowest BCUT2D eigenvalue weighted by atomic mass is 10.1. The van der Waals surface area contributed by atoms with Crippen LogP contribution in [0.25, 0.3) is 11.3 Å².